The van der Waals surface area contributed by atoms with E-state index in [1.54, 1.807) is 0 Å². The molecule has 0 unspecified atom stereocenters. The Morgan fingerprint density at radius 1 is 1.69 bits per heavy atom. The Morgan fingerprint density at radius 3 is 2.92 bits per heavy atom. The maximum absolute atomic E-state index is 11.7. The van der Waals surface area contributed by atoms with Crippen molar-refractivity contribution in [3.63, 3.8) is 0 Å². The summed E-state index contributed by atoms with van der Waals surface area (Å²) in [7, 11) is 0. The molecule has 0 saturated heterocycles. The third-order valence-corrected chi connectivity index (χ3v) is 1.63. The average molecular weight is 251 g/mol. The van der Waals surface area contributed by atoms with Crippen molar-refractivity contribution in [2.24, 2.45) is 0 Å². The van der Waals surface area contributed by atoms with Crippen molar-refractivity contribution in [1.82, 2.24) is 4.98 Å². The zero-order valence-electron chi connectivity index (χ0n) is 6.24. The Morgan fingerprint density at radius 2 is 2.38 bits per heavy atom. The van der Waals surface area contributed by atoms with Crippen LogP contribution in [0.5, 0.6) is 5.75 Å². The molecule has 0 aliphatic rings. The fraction of sp³-hybridized carbons (Fsp3) is 0.167. The zero-order chi connectivity index (χ0) is 9.84. The molecule has 0 amide bonds. The summed E-state index contributed by atoms with van der Waals surface area (Å²) < 4.78 is 16.4. The molecule has 0 aromatic carbocycles. The summed E-state index contributed by atoms with van der Waals surface area (Å²) in [4.78, 5) is 13.1. The molecule has 1 aromatic rings. The minimum Gasteiger partial charge on any atom is -0.454 e. The van der Waals surface area contributed by atoms with Gasteiger partial charge in [-0.3, -0.25) is 0 Å². The molecule has 1 rings (SSSR count). The molecule has 0 aliphatic carbocycles. The summed E-state index contributed by atoms with van der Waals surface area (Å²) in [6.07, 6.45) is 0. The Labute approximate surface area is 80.8 Å². The molecule has 0 fully saturated rings. The van der Waals surface area contributed by atoms with Crippen molar-refractivity contribution in [2.75, 3.05) is 6.86 Å². The number of alkyl halides is 1. The molecule has 1 aromatic heterocycles. The van der Waals surface area contributed by atoms with Gasteiger partial charge in [0.15, 0.2) is 0 Å². The van der Waals surface area contributed by atoms with Crippen molar-refractivity contribution in [3.05, 3.63) is 26.9 Å². The van der Waals surface area contributed by atoms with Crippen LogP contribution in [0.3, 0.4) is 0 Å². The molecule has 70 valence electrons. The highest BCUT2D eigenvalue weighted by Gasteiger charge is 2.17. The van der Waals surface area contributed by atoms with Crippen LogP contribution >= 0.6 is 15.9 Å². The van der Waals surface area contributed by atoms with E-state index in [9.17, 15) is 14.5 Å². The van der Waals surface area contributed by atoms with Crippen LogP contribution in [0, 0.1) is 10.1 Å². The summed E-state index contributed by atoms with van der Waals surface area (Å²) >= 11 is 2.95. The number of hydrogen-bond donors (Lipinski definition) is 0. The van der Waals surface area contributed by atoms with Gasteiger partial charge in [0.2, 0.25) is 17.2 Å². The number of ether oxygens (including phenoxy) is 1. The van der Waals surface area contributed by atoms with Gasteiger partial charge in [-0.25, -0.2) is 4.39 Å². The number of pyridine rings is 1. The van der Waals surface area contributed by atoms with Crippen LogP contribution in [-0.4, -0.2) is 16.8 Å². The van der Waals surface area contributed by atoms with Crippen LogP contribution in [-0.2, 0) is 0 Å². The number of halogens is 2. The van der Waals surface area contributed by atoms with Crippen LogP contribution in [0.4, 0.5) is 10.2 Å². The minimum atomic E-state index is -1.12. The first-order chi connectivity index (χ1) is 6.15. The summed E-state index contributed by atoms with van der Waals surface area (Å²) in [5, 5.41) is 10.4. The lowest BCUT2D eigenvalue weighted by molar-refractivity contribution is -0.390. The van der Waals surface area contributed by atoms with Crippen LogP contribution in [0.25, 0.3) is 0 Å². The third kappa shape index (κ3) is 2.35. The van der Waals surface area contributed by atoms with Gasteiger partial charge in [0.05, 0.1) is 0 Å². The lowest BCUT2D eigenvalue weighted by Gasteiger charge is -2.00. The van der Waals surface area contributed by atoms with Gasteiger partial charge in [0, 0.05) is 22.0 Å². The predicted molar refractivity (Wildman–Crippen MR) is 45.2 cm³/mol. The topological polar surface area (TPSA) is 65.3 Å². The summed E-state index contributed by atoms with van der Waals surface area (Å²) in [5.41, 5.74) is 0. The van der Waals surface area contributed by atoms with E-state index in [0.29, 0.717) is 4.60 Å². The third-order valence-electron chi connectivity index (χ3n) is 1.19. The molecule has 0 bridgehead atoms. The fourth-order valence-corrected chi connectivity index (χ4v) is 1.01. The first-order valence-corrected chi connectivity index (χ1v) is 3.94. The average Bonchev–Trinajstić information content (AvgIpc) is 2.08. The number of hydrogen-bond acceptors (Lipinski definition) is 4. The van der Waals surface area contributed by atoms with Crippen molar-refractivity contribution in [1.29, 1.82) is 0 Å². The van der Waals surface area contributed by atoms with Crippen LogP contribution < -0.4 is 4.74 Å². The van der Waals surface area contributed by atoms with E-state index in [1.165, 1.54) is 12.1 Å². The smallest absolute Gasteiger partial charge is 0.407 e. The molecule has 0 N–H and O–H groups in total. The van der Waals surface area contributed by atoms with Crippen molar-refractivity contribution in [3.8, 4) is 5.75 Å². The van der Waals surface area contributed by atoms with E-state index < -0.39 is 17.6 Å². The zero-order valence-corrected chi connectivity index (χ0v) is 7.82. The number of nitrogens with zero attached hydrogens (tertiary/aromatic N) is 2. The molecular formula is C6H4BrFN2O3. The first kappa shape index (κ1) is 9.85. The van der Waals surface area contributed by atoms with Crippen LogP contribution in [0.15, 0.2) is 16.7 Å². The van der Waals surface area contributed by atoms with Gasteiger partial charge in [-0.1, -0.05) is 0 Å². The Hall–Kier alpha value is -1.24. The van der Waals surface area contributed by atoms with Crippen molar-refractivity contribution in [2.45, 2.75) is 0 Å². The molecule has 0 saturated carbocycles. The van der Waals surface area contributed by atoms with E-state index in [2.05, 4.69) is 25.7 Å². The SMILES string of the molecule is O=[N+]([O-])c1nc(Br)ccc1OCF. The predicted octanol–water partition coefficient (Wildman–Crippen LogP) is 2.06. The summed E-state index contributed by atoms with van der Waals surface area (Å²) in [5.74, 6) is -0.692. The first-order valence-electron chi connectivity index (χ1n) is 3.15. The van der Waals surface area contributed by atoms with E-state index in [4.69, 9.17) is 0 Å². The maximum atomic E-state index is 11.7. The van der Waals surface area contributed by atoms with Gasteiger partial charge in [0.25, 0.3) is 0 Å². The van der Waals surface area contributed by atoms with Gasteiger partial charge in [-0.05, 0) is 16.0 Å². The van der Waals surface area contributed by atoms with Gasteiger partial charge >= 0.3 is 5.82 Å². The Bertz CT molecular complexity index is 334. The van der Waals surface area contributed by atoms with Crippen molar-refractivity contribution >= 4 is 21.7 Å². The standard InChI is InChI=1S/C6H4BrFN2O3/c7-5-2-1-4(13-3-8)6(9-5)10(11)12/h1-2H,3H2. The second-order valence-corrected chi connectivity index (χ2v) is 2.78. The van der Waals surface area contributed by atoms with E-state index >= 15 is 0 Å². The highest BCUT2D eigenvalue weighted by molar-refractivity contribution is 9.10. The van der Waals surface area contributed by atoms with Gasteiger partial charge < -0.3 is 14.9 Å². The van der Waals surface area contributed by atoms with Crippen molar-refractivity contribution < 1.29 is 14.1 Å². The van der Waals surface area contributed by atoms with Gasteiger partial charge in [-0.2, -0.15) is 0 Å². The summed E-state index contributed by atoms with van der Waals surface area (Å²) in [6.45, 7) is -1.12. The molecule has 0 aliphatic heterocycles. The fourth-order valence-electron chi connectivity index (χ4n) is 0.715. The quantitative estimate of drug-likeness (QED) is 0.468. The Kier molecular flexibility index (Phi) is 3.13. The largest absolute Gasteiger partial charge is 0.454 e. The maximum Gasteiger partial charge on any atom is 0.407 e. The minimum absolute atomic E-state index is 0.185. The molecule has 5 nitrogen and oxygen atoms in total. The number of aromatic nitrogens is 1. The number of rotatable bonds is 3. The van der Waals surface area contributed by atoms with Gasteiger partial charge in [0.1, 0.15) is 0 Å². The van der Waals surface area contributed by atoms with Gasteiger partial charge in [-0.15, -0.1) is 0 Å². The van der Waals surface area contributed by atoms with Crippen LogP contribution in [0.1, 0.15) is 0 Å². The van der Waals surface area contributed by atoms with E-state index in [1.807, 2.05) is 0 Å². The molecule has 13 heavy (non-hydrogen) atoms. The highest BCUT2D eigenvalue weighted by Crippen LogP contribution is 2.26. The lowest BCUT2D eigenvalue weighted by atomic mass is 10.4. The second-order valence-electron chi connectivity index (χ2n) is 1.97. The molecule has 0 spiro atoms. The molecule has 7 heteroatoms. The lowest BCUT2D eigenvalue weighted by Crippen LogP contribution is -1.99. The number of nitro groups is 1. The van der Waals surface area contributed by atoms with Crippen LogP contribution in [0.2, 0.25) is 0 Å². The summed E-state index contributed by atoms with van der Waals surface area (Å²) in [6, 6.07) is 2.70. The molecule has 0 atom stereocenters. The highest BCUT2D eigenvalue weighted by atomic mass is 79.9. The Balaban J connectivity index is 3.10. The molecule has 0 radical (unpaired) electrons. The monoisotopic (exact) mass is 250 g/mol. The molecule has 1 heterocycles. The second kappa shape index (κ2) is 4.13. The molecular weight excluding hydrogens is 247 g/mol. The normalized spacial score (nSPS) is 9.69. The van der Waals surface area contributed by atoms with E-state index in [-0.39, 0.29) is 5.75 Å². The van der Waals surface area contributed by atoms with E-state index in [0.717, 1.165) is 0 Å².